The molecule has 1 aromatic rings. The van der Waals surface area contributed by atoms with E-state index >= 15 is 0 Å². The molecule has 0 aromatic heterocycles. The van der Waals surface area contributed by atoms with Crippen molar-refractivity contribution in [3.05, 3.63) is 29.8 Å². The van der Waals surface area contributed by atoms with Gasteiger partial charge in [-0.2, -0.15) is 0 Å². The van der Waals surface area contributed by atoms with Gasteiger partial charge in [-0.3, -0.25) is 4.79 Å². The number of aryl methyl sites for hydroxylation is 1. The Morgan fingerprint density at radius 3 is 3.13 bits per heavy atom. The Bertz CT molecular complexity index is 395. The molecule has 0 N–H and O–H groups in total. The molecular weight excluding hydrogens is 186 g/mol. The number of hydrogen-bond acceptors (Lipinski definition) is 1. The van der Waals surface area contributed by atoms with Gasteiger partial charge in [0.25, 0.3) is 0 Å². The van der Waals surface area contributed by atoms with Gasteiger partial charge < -0.3 is 4.90 Å². The molecule has 77 valence electrons. The van der Waals surface area contributed by atoms with Crippen molar-refractivity contribution in [1.29, 1.82) is 0 Å². The fourth-order valence-corrected chi connectivity index (χ4v) is 2.23. The molecule has 0 saturated heterocycles. The van der Waals surface area contributed by atoms with E-state index in [0.29, 0.717) is 11.8 Å². The zero-order valence-corrected chi connectivity index (χ0v) is 8.70. The van der Waals surface area contributed by atoms with Gasteiger partial charge in [-0.25, -0.2) is 0 Å². The molecule has 1 saturated carbocycles. The van der Waals surface area contributed by atoms with E-state index in [1.807, 2.05) is 17.0 Å². The van der Waals surface area contributed by atoms with E-state index in [-0.39, 0.29) is 0 Å². The standard InChI is InChI=1S/C13H14NO/c15-13(11-7-8-11)14-9-3-5-10-4-1-2-6-12(10)14/h1-2,4,11H,3,5,7-9H2. The number of benzene rings is 1. The van der Waals surface area contributed by atoms with Crippen LogP contribution in [0.5, 0.6) is 0 Å². The molecular formula is C13H14NO. The SMILES string of the molecule is O=C(C1CC1)N1CCCc2ccc[c]c21. The Morgan fingerprint density at radius 1 is 1.47 bits per heavy atom. The molecule has 3 rings (SSSR count). The first-order valence-electron chi connectivity index (χ1n) is 5.67. The number of amides is 1. The molecule has 1 amide bonds. The highest BCUT2D eigenvalue weighted by Crippen LogP contribution is 2.35. The topological polar surface area (TPSA) is 20.3 Å². The summed E-state index contributed by atoms with van der Waals surface area (Å²) in [6.07, 6.45) is 4.33. The molecule has 0 unspecified atom stereocenters. The van der Waals surface area contributed by atoms with Gasteiger partial charge in [0.2, 0.25) is 5.91 Å². The van der Waals surface area contributed by atoms with Crippen LogP contribution in [0.15, 0.2) is 18.2 Å². The van der Waals surface area contributed by atoms with E-state index in [1.165, 1.54) is 5.56 Å². The fourth-order valence-electron chi connectivity index (χ4n) is 2.23. The Morgan fingerprint density at radius 2 is 2.33 bits per heavy atom. The van der Waals surface area contributed by atoms with Gasteiger partial charge in [-0.05, 0) is 31.2 Å². The molecule has 0 spiro atoms. The second-order valence-corrected chi connectivity index (χ2v) is 4.41. The van der Waals surface area contributed by atoms with Crippen LogP contribution in [0.1, 0.15) is 24.8 Å². The van der Waals surface area contributed by atoms with Crippen molar-refractivity contribution < 1.29 is 4.79 Å². The number of rotatable bonds is 1. The van der Waals surface area contributed by atoms with E-state index in [1.54, 1.807) is 0 Å². The third-order valence-corrected chi connectivity index (χ3v) is 3.21. The van der Waals surface area contributed by atoms with E-state index in [0.717, 1.165) is 37.9 Å². The van der Waals surface area contributed by atoms with Crippen LogP contribution in [0, 0.1) is 12.0 Å². The number of carbonyl (C=O) groups excluding carboxylic acids is 1. The minimum absolute atomic E-state index is 0.310. The lowest BCUT2D eigenvalue weighted by atomic mass is 10.0. The van der Waals surface area contributed by atoms with Crippen LogP contribution in [0.2, 0.25) is 0 Å². The second kappa shape index (κ2) is 3.37. The molecule has 1 radical (unpaired) electrons. The lowest BCUT2D eigenvalue weighted by Gasteiger charge is -2.29. The minimum Gasteiger partial charge on any atom is -0.311 e. The van der Waals surface area contributed by atoms with E-state index in [2.05, 4.69) is 12.1 Å². The smallest absolute Gasteiger partial charge is 0.230 e. The van der Waals surface area contributed by atoms with Gasteiger partial charge in [-0.15, -0.1) is 0 Å². The highest BCUT2D eigenvalue weighted by molar-refractivity contribution is 5.97. The van der Waals surface area contributed by atoms with E-state index < -0.39 is 0 Å². The third-order valence-electron chi connectivity index (χ3n) is 3.21. The number of carbonyl (C=O) groups is 1. The first kappa shape index (κ1) is 8.96. The molecule has 1 fully saturated rings. The van der Waals surface area contributed by atoms with Crippen molar-refractivity contribution in [3.63, 3.8) is 0 Å². The molecule has 0 atom stereocenters. The van der Waals surface area contributed by atoms with Crippen LogP contribution >= 0.6 is 0 Å². The van der Waals surface area contributed by atoms with Crippen LogP contribution in [0.25, 0.3) is 0 Å². The van der Waals surface area contributed by atoms with Gasteiger partial charge >= 0.3 is 0 Å². The summed E-state index contributed by atoms with van der Waals surface area (Å²) in [6, 6.07) is 9.22. The summed E-state index contributed by atoms with van der Waals surface area (Å²) in [5.74, 6) is 0.628. The molecule has 1 heterocycles. The predicted octanol–water partition coefficient (Wildman–Crippen LogP) is 2.18. The molecule has 2 nitrogen and oxygen atoms in total. The normalized spacial score (nSPS) is 19.9. The summed E-state index contributed by atoms with van der Waals surface area (Å²) < 4.78 is 0. The molecule has 15 heavy (non-hydrogen) atoms. The Balaban J connectivity index is 1.94. The Hall–Kier alpha value is -1.31. The van der Waals surface area contributed by atoms with Crippen molar-refractivity contribution in [2.24, 2.45) is 5.92 Å². The molecule has 1 aromatic carbocycles. The average molecular weight is 200 g/mol. The van der Waals surface area contributed by atoms with Gasteiger partial charge in [0, 0.05) is 18.5 Å². The maximum atomic E-state index is 12.0. The Labute approximate surface area is 89.9 Å². The highest BCUT2D eigenvalue weighted by Gasteiger charge is 2.35. The van der Waals surface area contributed by atoms with Crippen molar-refractivity contribution >= 4 is 11.6 Å². The zero-order chi connectivity index (χ0) is 10.3. The van der Waals surface area contributed by atoms with Crippen molar-refractivity contribution in [2.45, 2.75) is 25.7 Å². The monoisotopic (exact) mass is 200 g/mol. The summed E-state index contributed by atoms with van der Waals surface area (Å²) in [5.41, 5.74) is 2.30. The molecule has 1 aliphatic carbocycles. The van der Waals surface area contributed by atoms with E-state index in [9.17, 15) is 4.79 Å². The lowest BCUT2D eigenvalue weighted by Crippen LogP contribution is -2.36. The number of hydrogen-bond donors (Lipinski definition) is 0. The molecule has 1 aliphatic heterocycles. The predicted molar refractivity (Wildman–Crippen MR) is 58.7 cm³/mol. The van der Waals surface area contributed by atoms with Crippen LogP contribution in [0.3, 0.4) is 0 Å². The summed E-state index contributed by atoms with van der Waals surface area (Å²) in [7, 11) is 0. The number of nitrogens with zero attached hydrogens (tertiary/aromatic N) is 1. The quantitative estimate of drug-likeness (QED) is 0.680. The zero-order valence-electron chi connectivity index (χ0n) is 8.70. The number of anilines is 1. The first-order chi connectivity index (χ1) is 7.36. The Kier molecular flexibility index (Phi) is 2.01. The van der Waals surface area contributed by atoms with Crippen LogP contribution in [0.4, 0.5) is 5.69 Å². The second-order valence-electron chi connectivity index (χ2n) is 4.41. The van der Waals surface area contributed by atoms with Gasteiger partial charge in [0.05, 0.1) is 5.69 Å². The number of para-hydroxylation sites is 1. The summed E-state index contributed by atoms with van der Waals surface area (Å²) in [4.78, 5) is 14.0. The van der Waals surface area contributed by atoms with Gasteiger partial charge in [0.15, 0.2) is 0 Å². The summed E-state index contributed by atoms with van der Waals surface area (Å²) in [6.45, 7) is 0.878. The lowest BCUT2D eigenvalue weighted by molar-refractivity contribution is -0.119. The van der Waals surface area contributed by atoms with Crippen LogP contribution in [-0.4, -0.2) is 12.5 Å². The van der Waals surface area contributed by atoms with Crippen molar-refractivity contribution in [3.8, 4) is 0 Å². The van der Waals surface area contributed by atoms with Gasteiger partial charge in [-0.1, -0.05) is 18.2 Å². The van der Waals surface area contributed by atoms with Crippen LogP contribution in [-0.2, 0) is 11.2 Å². The number of fused-ring (bicyclic) bond motifs is 1. The molecule has 2 heteroatoms. The summed E-state index contributed by atoms with van der Waals surface area (Å²) in [5, 5.41) is 0. The maximum Gasteiger partial charge on any atom is 0.230 e. The first-order valence-corrected chi connectivity index (χ1v) is 5.67. The minimum atomic E-state index is 0.310. The fraction of sp³-hybridized carbons (Fsp3) is 0.462. The molecule has 0 bridgehead atoms. The van der Waals surface area contributed by atoms with Crippen molar-refractivity contribution in [2.75, 3.05) is 11.4 Å². The largest absolute Gasteiger partial charge is 0.311 e. The van der Waals surface area contributed by atoms with Gasteiger partial charge in [0.1, 0.15) is 0 Å². The average Bonchev–Trinajstić information content (AvgIpc) is 3.11. The molecule has 2 aliphatic rings. The van der Waals surface area contributed by atoms with E-state index in [4.69, 9.17) is 0 Å². The third kappa shape index (κ3) is 1.54. The maximum absolute atomic E-state index is 12.0. The van der Waals surface area contributed by atoms with Crippen LogP contribution < -0.4 is 4.90 Å². The van der Waals surface area contributed by atoms with Crippen molar-refractivity contribution in [1.82, 2.24) is 0 Å². The summed E-state index contributed by atoms with van der Waals surface area (Å²) >= 11 is 0. The highest BCUT2D eigenvalue weighted by atomic mass is 16.2.